The summed E-state index contributed by atoms with van der Waals surface area (Å²) in [6.07, 6.45) is 1.27. The van der Waals surface area contributed by atoms with Gasteiger partial charge in [-0.25, -0.2) is 4.98 Å². The number of pyridine rings is 1. The van der Waals surface area contributed by atoms with Gasteiger partial charge in [0.2, 0.25) is 0 Å². The lowest BCUT2D eigenvalue weighted by atomic mass is 10.0. The molecule has 3 rings (SSSR count). The van der Waals surface area contributed by atoms with Gasteiger partial charge in [0, 0.05) is 24.9 Å². The van der Waals surface area contributed by atoms with E-state index >= 15 is 0 Å². The van der Waals surface area contributed by atoms with Crippen LogP contribution in [0.15, 0.2) is 24.3 Å². The van der Waals surface area contributed by atoms with Gasteiger partial charge in [0.1, 0.15) is 5.82 Å². The second-order valence-electron chi connectivity index (χ2n) is 5.38. The van der Waals surface area contributed by atoms with Crippen molar-refractivity contribution in [3.63, 3.8) is 0 Å². The number of anilines is 1. The van der Waals surface area contributed by atoms with Crippen LogP contribution < -0.4 is 4.90 Å². The molecule has 0 unspecified atom stereocenters. The number of fused-ring (bicyclic) bond motifs is 1. The van der Waals surface area contributed by atoms with Crippen molar-refractivity contribution < 1.29 is 4.74 Å². The first-order valence-corrected chi connectivity index (χ1v) is 7.38. The van der Waals surface area contributed by atoms with Crippen molar-refractivity contribution in [3.05, 3.63) is 35.4 Å². The Bertz CT molecular complexity index is 684. The molecule has 0 atom stereocenters. The molecule has 1 aliphatic rings. The van der Waals surface area contributed by atoms with E-state index in [1.165, 1.54) is 5.56 Å². The van der Waals surface area contributed by atoms with Crippen LogP contribution >= 0.6 is 0 Å². The van der Waals surface area contributed by atoms with E-state index < -0.39 is 0 Å². The summed E-state index contributed by atoms with van der Waals surface area (Å²) in [5, 5.41) is 10.0. The van der Waals surface area contributed by atoms with E-state index in [0.29, 0.717) is 6.42 Å². The highest BCUT2D eigenvalue weighted by Crippen LogP contribution is 2.27. The maximum atomic E-state index is 8.88. The SMILES string of the molecule is Cc1cccc2cc(CCC#N)c(N3CCOCC3)nc12. The van der Waals surface area contributed by atoms with Crippen molar-refractivity contribution in [2.45, 2.75) is 19.8 Å². The summed E-state index contributed by atoms with van der Waals surface area (Å²) in [6.45, 7) is 5.30. The van der Waals surface area contributed by atoms with Gasteiger partial charge in [-0.3, -0.25) is 0 Å². The molecular formula is C17H19N3O. The predicted molar refractivity (Wildman–Crippen MR) is 83.4 cm³/mol. The number of morpholine rings is 1. The highest BCUT2D eigenvalue weighted by Gasteiger charge is 2.17. The number of nitrogens with zero attached hydrogens (tertiary/aromatic N) is 3. The number of aromatic nitrogens is 1. The van der Waals surface area contributed by atoms with E-state index in [1.807, 2.05) is 0 Å². The summed E-state index contributed by atoms with van der Waals surface area (Å²) in [6, 6.07) is 10.7. The van der Waals surface area contributed by atoms with Crippen LogP contribution in [-0.2, 0) is 11.2 Å². The number of rotatable bonds is 3. The van der Waals surface area contributed by atoms with E-state index in [2.05, 4.69) is 42.2 Å². The molecule has 1 aliphatic heterocycles. The van der Waals surface area contributed by atoms with E-state index in [4.69, 9.17) is 15.0 Å². The monoisotopic (exact) mass is 281 g/mol. The fourth-order valence-corrected chi connectivity index (χ4v) is 2.80. The van der Waals surface area contributed by atoms with Crippen molar-refractivity contribution in [2.75, 3.05) is 31.2 Å². The summed E-state index contributed by atoms with van der Waals surface area (Å²) in [5.41, 5.74) is 3.41. The minimum Gasteiger partial charge on any atom is -0.378 e. The highest BCUT2D eigenvalue weighted by molar-refractivity contribution is 5.84. The number of hydrogen-bond donors (Lipinski definition) is 0. The van der Waals surface area contributed by atoms with Crippen LogP contribution in [0, 0.1) is 18.3 Å². The van der Waals surface area contributed by atoms with Gasteiger partial charge in [0.05, 0.1) is 24.8 Å². The zero-order valence-electron chi connectivity index (χ0n) is 12.3. The Kier molecular flexibility index (Phi) is 4.03. The topological polar surface area (TPSA) is 49.2 Å². The third-order valence-electron chi connectivity index (χ3n) is 3.92. The van der Waals surface area contributed by atoms with Crippen molar-refractivity contribution in [2.24, 2.45) is 0 Å². The second kappa shape index (κ2) is 6.11. The highest BCUT2D eigenvalue weighted by atomic mass is 16.5. The van der Waals surface area contributed by atoms with Crippen molar-refractivity contribution >= 4 is 16.7 Å². The Morgan fingerprint density at radius 2 is 2.14 bits per heavy atom. The van der Waals surface area contributed by atoms with Crippen LogP contribution in [0.25, 0.3) is 10.9 Å². The number of para-hydroxylation sites is 1. The molecule has 2 aromatic rings. The maximum absolute atomic E-state index is 8.88. The van der Waals surface area contributed by atoms with Crippen LogP contribution in [0.2, 0.25) is 0 Å². The summed E-state index contributed by atoms with van der Waals surface area (Å²) in [5.74, 6) is 1.02. The Morgan fingerprint density at radius 3 is 2.90 bits per heavy atom. The third-order valence-corrected chi connectivity index (χ3v) is 3.92. The molecule has 0 radical (unpaired) electrons. The molecule has 0 N–H and O–H groups in total. The number of ether oxygens (including phenoxy) is 1. The van der Waals surface area contributed by atoms with Gasteiger partial charge >= 0.3 is 0 Å². The maximum Gasteiger partial charge on any atom is 0.132 e. The Labute approximate surface area is 125 Å². The lowest BCUT2D eigenvalue weighted by Gasteiger charge is -2.30. The third kappa shape index (κ3) is 2.84. The first-order valence-electron chi connectivity index (χ1n) is 7.38. The average molecular weight is 281 g/mol. The lowest BCUT2D eigenvalue weighted by molar-refractivity contribution is 0.122. The number of benzene rings is 1. The van der Waals surface area contributed by atoms with Crippen molar-refractivity contribution in [1.29, 1.82) is 5.26 Å². The minimum absolute atomic E-state index is 0.524. The molecule has 4 nitrogen and oxygen atoms in total. The predicted octanol–water partition coefficient (Wildman–Crippen LogP) is 2.84. The second-order valence-corrected chi connectivity index (χ2v) is 5.38. The Morgan fingerprint density at radius 1 is 1.33 bits per heavy atom. The Hall–Kier alpha value is -2.12. The average Bonchev–Trinajstić information content (AvgIpc) is 2.53. The number of hydrogen-bond acceptors (Lipinski definition) is 4. The van der Waals surface area contributed by atoms with Crippen molar-refractivity contribution in [3.8, 4) is 6.07 Å². The first-order chi connectivity index (χ1) is 10.3. The van der Waals surface area contributed by atoms with Gasteiger partial charge < -0.3 is 9.64 Å². The normalized spacial score (nSPS) is 15.1. The van der Waals surface area contributed by atoms with Crippen LogP contribution in [0.1, 0.15) is 17.5 Å². The van der Waals surface area contributed by atoms with Crippen LogP contribution in [0.4, 0.5) is 5.82 Å². The van der Waals surface area contributed by atoms with E-state index in [9.17, 15) is 0 Å². The smallest absolute Gasteiger partial charge is 0.132 e. The van der Waals surface area contributed by atoms with E-state index in [0.717, 1.165) is 55.0 Å². The van der Waals surface area contributed by atoms with Crippen molar-refractivity contribution in [1.82, 2.24) is 4.98 Å². The molecule has 1 aromatic heterocycles. The summed E-state index contributed by atoms with van der Waals surface area (Å²) < 4.78 is 5.43. The lowest BCUT2D eigenvalue weighted by Crippen LogP contribution is -2.37. The molecule has 0 spiro atoms. The van der Waals surface area contributed by atoms with Gasteiger partial charge in [0.15, 0.2) is 0 Å². The molecular weight excluding hydrogens is 262 g/mol. The van der Waals surface area contributed by atoms with Gasteiger partial charge in [-0.05, 0) is 30.5 Å². The molecule has 4 heteroatoms. The molecule has 0 amide bonds. The van der Waals surface area contributed by atoms with Gasteiger partial charge in [-0.15, -0.1) is 0 Å². The first kappa shape index (κ1) is 13.8. The van der Waals surface area contributed by atoms with Crippen LogP contribution in [0.3, 0.4) is 0 Å². The van der Waals surface area contributed by atoms with Gasteiger partial charge in [0.25, 0.3) is 0 Å². The molecule has 108 valence electrons. The summed E-state index contributed by atoms with van der Waals surface area (Å²) in [7, 11) is 0. The summed E-state index contributed by atoms with van der Waals surface area (Å²) >= 11 is 0. The molecule has 1 aromatic carbocycles. The standard InChI is InChI=1S/C17H19N3O/c1-13-4-2-5-14-12-15(6-3-7-18)17(19-16(13)14)20-8-10-21-11-9-20/h2,4-5,12H,3,6,8-11H2,1H3. The zero-order chi connectivity index (χ0) is 14.7. The zero-order valence-corrected chi connectivity index (χ0v) is 12.3. The molecule has 1 saturated heterocycles. The molecule has 1 fully saturated rings. The number of nitriles is 1. The molecule has 21 heavy (non-hydrogen) atoms. The summed E-state index contributed by atoms with van der Waals surface area (Å²) in [4.78, 5) is 7.19. The number of aryl methyl sites for hydroxylation is 2. The minimum atomic E-state index is 0.524. The quantitative estimate of drug-likeness (QED) is 0.868. The molecule has 0 bridgehead atoms. The Balaban J connectivity index is 2.09. The fraction of sp³-hybridized carbons (Fsp3) is 0.412. The van der Waals surface area contributed by atoms with Crippen LogP contribution in [-0.4, -0.2) is 31.3 Å². The van der Waals surface area contributed by atoms with E-state index in [-0.39, 0.29) is 0 Å². The molecule has 0 aliphatic carbocycles. The molecule has 0 saturated carbocycles. The fourth-order valence-electron chi connectivity index (χ4n) is 2.80. The van der Waals surface area contributed by atoms with Gasteiger partial charge in [-0.2, -0.15) is 5.26 Å². The van der Waals surface area contributed by atoms with Gasteiger partial charge in [-0.1, -0.05) is 18.2 Å². The molecule has 2 heterocycles. The van der Waals surface area contributed by atoms with Crippen LogP contribution in [0.5, 0.6) is 0 Å². The van der Waals surface area contributed by atoms with E-state index in [1.54, 1.807) is 0 Å². The largest absolute Gasteiger partial charge is 0.378 e.